The lowest BCUT2D eigenvalue weighted by atomic mass is 9.91. The minimum absolute atomic E-state index is 0.223. The number of carbonyl (C=O) groups is 1. The number of likely N-dealkylation sites (tertiary alicyclic amines) is 1. The van der Waals surface area contributed by atoms with Gasteiger partial charge in [0.2, 0.25) is 5.91 Å². The zero-order valence-electron chi connectivity index (χ0n) is 13.8. The van der Waals surface area contributed by atoms with E-state index in [-0.39, 0.29) is 5.91 Å². The second-order valence-corrected chi connectivity index (χ2v) is 7.45. The highest BCUT2D eigenvalue weighted by Crippen LogP contribution is 2.28. The Balaban J connectivity index is 1.49. The molecule has 3 heteroatoms. The molecule has 1 aromatic rings. The van der Waals surface area contributed by atoms with E-state index in [1.165, 1.54) is 30.6 Å². The SMILES string of the molecule is C[C@@H]1C[C@H](C)CN(Cc2ccc(CNC(=O)C3CC3)cc2)C1. The van der Waals surface area contributed by atoms with Gasteiger partial charge >= 0.3 is 0 Å². The normalized spacial score (nSPS) is 25.9. The maximum absolute atomic E-state index is 11.7. The van der Waals surface area contributed by atoms with Crippen molar-refractivity contribution >= 4 is 5.91 Å². The van der Waals surface area contributed by atoms with Gasteiger partial charge in [0.15, 0.2) is 0 Å². The van der Waals surface area contributed by atoms with Crippen molar-refractivity contribution in [2.75, 3.05) is 13.1 Å². The van der Waals surface area contributed by atoms with Gasteiger partial charge in [-0.05, 0) is 42.2 Å². The smallest absolute Gasteiger partial charge is 0.223 e. The highest BCUT2D eigenvalue weighted by molar-refractivity contribution is 5.80. The van der Waals surface area contributed by atoms with Gasteiger partial charge in [0.05, 0.1) is 0 Å². The van der Waals surface area contributed by atoms with Gasteiger partial charge in [-0.15, -0.1) is 0 Å². The number of nitrogens with zero attached hydrogens (tertiary/aromatic N) is 1. The van der Waals surface area contributed by atoms with Gasteiger partial charge in [-0.3, -0.25) is 9.69 Å². The van der Waals surface area contributed by atoms with Crippen LogP contribution in [0.3, 0.4) is 0 Å². The minimum Gasteiger partial charge on any atom is -0.352 e. The van der Waals surface area contributed by atoms with E-state index in [0.717, 1.165) is 31.2 Å². The lowest BCUT2D eigenvalue weighted by Crippen LogP contribution is -2.38. The Morgan fingerprint density at radius 1 is 1.09 bits per heavy atom. The molecule has 120 valence electrons. The zero-order valence-corrected chi connectivity index (χ0v) is 13.8. The van der Waals surface area contributed by atoms with Crippen LogP contribution in [0.25, 0.3) is 0 Å². The minimum atomic E-state index is 0.223. The summed E-state index contributed by atoms with van der Waals surface area (Å²) in [6.45, 7) is 8.84. The second-order valence-electron chi connectivity index (χ2n) is 7.45. The van der Waals surface area contributed by atoms with Crippen LogP contribution in [-0.2, 0) is 17.9 Å². The zero-order chi connectivity index (χ0) is 15.5. The average Bonchev–Trinajstić information content (AvgIpc) is 3.30. The fraction of sp³-hybridized carbons (Fsp3) is 0.632. The molecule has 0 spiro atoms. The van der Waals surface area contributed by atoms with Gasteiger partial charge in [0, 0.05) is 32.1 Å². The van der Waals surface area contributed by atoms with E-state index in [1.807, 2.05) is 0 Å². The molecule has 0 radical (unpaired) electrons. The fourth-order valence-corrected chi connectivity index (χ4v) is 3.62. The van der Waals surface area contributed by atoms with Crippen molar-refractivity contribution in [1.29, 1.82) is 0 Å². The van der Waals surface area contributed by atoms with Crippen molar-refractivity contribution in [3.63, 3.8) is 0 Å². The van der Waals surface area contributed by atoms with Crippen LogP contribution in [0.2, 0.25) is 0 Å². The number of piperidine rings is 1. The van der Waals surface area contributed by atoms with E-state index in [1.54, 1.807) is 0 Å². The summed E-state index contributed by atoms with van der Waals surface area (Å²) >= 11 is 0. The maximum Gasteiger partial charge on any atom is 0.223 e. The number of carbonyl (C=O) groups excluding carboxylic acids is 1. The number of rotatable bonds is 5. The summed E-state index contributed by atoms with van der Waals surface area (Å²) in [6, 6.07) is 8.73. The van der Waals surface area contributed by atoms with Crippen LogP contribution in [0.5, 0.6) is 0 Å². The molecule has 3 rings (SSSR count). The molecule has 1 aliphatic heterocycles. The second kappa shape index (κ2) is 6.82. The number of hydrogen-bond donors (Lipinski definition) is 1. The average molecular weight is 300 g/mol. The van der Waals surface area contributed by atoms with Crippen LogP contribution in [0.15, 0.2) is 24.3 Å². The molecule has 1 saturated carbocycles. The molecule has 1 aliphatic carbocycles. The number of amides is 1. The lowest BCUT2D eigenvalue weighted by Gasteiger charge is -2.35. The Morgan fingerprint density at radius 3 is 2.27 bits per heavy atom. The lowest BCUT2D eigenvalue weighted by molar-refractivity contribution is -0.122. The topological polar surface area (TPSA) is 32.3 Å². The van der Waals surface area contributed by atoms with Gasteiger partial charge in [0.25, 0.3) is 0 Å². The third-order valence-corrected chi connectivity index (χ3v) is 4.79. The molecule has 3 nitrogen and oxygen atoms in total. The van der Waals surface area contributed by atoms with Crippen LogP contribution in [0.1, 0.15) is 44.2 Å². The van der Waals surface area contributed by atoms with Crippen LogP contribution >= 0.6 is 0 Å². The maximum atomic E-state index is 11.7. The van der Waals surface area contributed by atoms with Gasteiger partial charge in [0.1, 0.15) is 0 Å². The van der Waals surface area contributed by atoms with Gasteiger partial charge in [-0.1, -0.05) is 38.1 Å². The number of benzene rings is 1. The molecule has 2 atom stereocenters. The van der Waals surface area contributed by atoms with E-state index in [2.05, 4.69) is 48.3 Å². The molecule has 0 unspecified atom stereocenters. The van der Waals surface area contributed by atoms with Crippen LogP contribution in [0, 0.1) is 17.8 Å². The Morgan fingerprint density at radius 2 is 1.68 bits per heavy atom. The predicted octanol–water partition coefficient (Wildman–Crippen LogP) is 3.19. The third-order valence-electron chi connectivity index (χ3n) is 4.79. The Hall–Kier alpha value is -1.35. The molecule has 1 saturated heterocycles. The standard InChI is InChI=1S/C19H28N2O/c1-14-9-15(2)12-21(11-14)13-17-5-3-16(4-6-17)10-20-19(22)18-7-8-18/h3-6,14-15,18H,7-13H2,1-2H3,(H,20,22)/t14-,15+. The third kappa shape index (κ3) is 4.33. The van der Waals surface area contributed by atoms with E-state index < -0.39 is 0 Å². The summed E-state index contributed by atoms with van der Waals surface area (Å²) in [6.07, 6.45) is 3.49. The molecule has 1 aromatic carbocycles. The first-order valence-electron chi connectivity index (χ1n) is 8.68. The number of hydrogen-bond acceptors (Lipinski definition) is 2. The molecule has 1 heterocycles. The Kier molecular flexibility index (Phi) is 4.82. The van der Waals surface area contributed by atoms with E-state index in [9.17, 15) is 4.79 Å². The van der Waals surface area contributed by atoms with Crippen molar-refractivity contribution in [2.45, 2.75) is 46.2 Å². The first-order chi connectivity index (χ1) is 10.6. The molecule has 1 amide bonds. The van der Waals surface area contributed by atoms with Gasteiger partial charge in [-0.2, -0.15) is 0 Å². The van der Waals surface area contributed by atoms with Crippen molar-refractivity contribution in [1.82, 2.24) is 10.2 Å². The summed E-state index contributed by atoms with van der Waals surface area (Å²) in [5, 5.41) is 3.02. The summed E-state index contributed by atoms with van der Waals surface area (Å²) in [4.78, 5) is 14.2. The molecule has 2 fully saturated rings. The fourth-order valence-electron chi connectivity index (χ4n) is 3.62. The first kappa shape index (κ1) is 15.5. The molecule has 0 bridgehead atoms. The van der Waals surface area contributed by atoms with Crippen molar-refractivity contribution in [3.8, 4) is 0 Å². The Labute approximate surface area is 134 Å². The highest BCUT2D eigenvalue weighted by atomic mass is 16.2. The molecular weight excluding hydrogens is 272 g/mol. The monoisotopic (exact) mass is 300 g/mol. The summed E-state index contributed by atoms with van der Waals surface area (Å²) in [7, 11) is 0. The molecule has 2 aliphatic rings. The first-order valence-corrected chi connectivity index (χ1v) is 8.68. The quantitative estimate of drug-likeness (QED) is 0.906. The largest absolute Gasteiger partial charge is 0.352 e. The molecular formula is C19H28N2O. The van der Waals surface area contributed by atoms with E-state index >= 15 is 0 Å². The van der Waals surface area contributed by atoms with Gasteiger partial charge < -0.3 is 5.32 Å². The number of nitrogens with one attached hydrogen (secondary N) is 1. The summed E-state index contributed by atoms with van der Waals surface area (Å²) in [5.74, 6) is 2.13. The van der Waals surface area contributed by atoms with E-state index in [0.29, 0.717) is 12.5 Å². The molecule has 22 heavy (non-hydrogen) atoms. The van der Waals surface area contributed by atoms with Gasteiger partial charge in [-0.25, -0.2) is 0 Å². The molecule has 1 N–H and O–H groups in total. The summed E-state index contributed by atoms with van der Waals surface area (Å²) in [5.41, 5.74) is 2.57. The van der Waals surface area contributed by atoms with Crippen molar-refractivity contribution in [3.05, 3.63) is 35.4 Å². The van der Waals surface area contributed by atoms with E-state index in [4.69, 9.17) is 0 Å². The predicted molar refractivity (Wildman–Crippen MR) is 89.2 cm³/mol. The molecule has 0 aromatic heterocycles. The highest BCUT2D eigenvalue weighted by Gasteiger charge is 2.29. The summed E-state index contributed by atoms with van der Waals surface area (Å²) < 4.78 is 0. The van der Waals surface area contributed by atoms with Crippen LogP contribution < -0.4 is 5.32 Å². The van der Waals surface area contributed by atoms with Crippen LogP contribution in [0.4, 0.5) is 0 Å². The Bertz CT molecular complexity index is 497. The van der Waals surface area contributed by atoms with Crippen molar-refractivity contribution in [2.24, 2.45) is 17.8 Å². The van der Waals surface area contributed by atoms with Crippen molar-refractivity contribution < 1.29 is 4.79 Å². The van der Waals surface area contributed by atoms with Crippen LogP contribution in [-0.4, -0.2) is 23.9 Å².